The summed E-state index contributed by atoms with van der Waals surface area (Å²) in [4.78, 5) is 18.3. The third-order valence-electron chi connectivity index (χ3n) is 3.06. The van der Waals surface area contributed by atoms with E-state index in [1.54, 1.807) is 6.07 Å². The average molecular weight is 364 g/mol. The summed E-state index contributed by atoms with van der Waals surface area (Å²) in [5, 5.41) is 3.12. The molecular formula is C13H15Cl2N3OS2. The van der Waals surface area contributed by atoms with Gasteiger partial charge < -0.3 is 10.2 Å². The molecule has 1 saturated heterocycles. The van der Waals surface area contributed by atoms with E-state index in [9.17, 15) is 4.79 Å². The highest BCUT2D eigenvalue weighted by Gasteiger charge is 2.22. The molecule has 8 heteroatoms. The van der Waals surface area contributed by atoms with Crippen LogP contribution in [0.25, 0.3) is 0 Å². The number of carbonyl (C=O) groups excluding carboxylic acids is 1. The summed E-state index contributed by atoms with van der Waals surface area (Å²) in [7, 11) is 0. The number of thioether (sulfide) groups is 1. The fourth-order valence-corrected chi connectivity index (χ4v) is 3.75. The Kier molecular flexibility index (Phi) is 6.10. The van der Waals surface area contributed by atoms with Crippen molar-refractivity contribution < 1.29 is 4.79 Å². The first-order chi connectivity index (χ1) is 9.97. The Morgan fingerprint density at radius 1 is 1.48 bits per heavy atom. The summed E-state index contributed by atoms with van der Waals surface area (Å²) in [6.07, 6.45) is 3.76. The summed E-state index contributed by atoms with van der Waals surface area (Å²) in [5.74, 6) is 0.129. The summed E-state index contributed by atoms with van der Waals surface area (Å²) < 4.78 is 0.769. The average Bonchev–Trinajstić information content (AvgIpc) is 2.95. The van der Waals surface area contributed by atoms with Gasteiger partial charge in [0.05, 0.1) is 15.3 Å². The van der Waals surface area contributed by atoms with Gasteiger partial charge >= 0.3 is 0 Å². The summed E-state index contributed by atoms with van der Waals surface area (Å²) >= 11 is 18.5. The zero-order chi connectivity index (χ0) is 15.4. The maximum Gasteiger partial charge on any atom is 0.238 e. The van der Waals surface area contributed by atoms with Crippen molar-refractivity contribution in [1.82, 2.24) is 9.88 Å². The van der Waals surface area contributed by atoms with Gasteiger partial charge in [-0.25, -0.2) is 4.98 Å². The quantitative estimate of drug-likeness (QED) is 0.826. The number of anilines is 1. The number of nitrogens with zero attached hydrogens (tertiary/aromatic N) is 2. The zero-order valence-electron chi connectivity index (χ0n) is 11.4. The molecule has 2 heterocycles. The van der Waals surface area contributed by atoms with Crippen LogP contribution in [0.1, 0.15) is 19.8 Å². The summed E-state index contributed by atoms with van der Waals surface area (Å²) in [6.45, 7) is 3.77. The maximum atomic E-state index is 12.2. The Morgan fingerprint density at radius 3 is 2.76 bits per heavy atom. The highest BCUT2D eigenvalue weighted by molar-refractivity contribution is 8.23. The van der Waals surface area contributed by atoms with E-state index in [1.165, 1.54) is 18.0 Å². The fourth-order valence-electron chi connectivity index (χ4n) is 1.90. The van der Waals surface area contributed by atoms with Gasteiger partial charge in [-0.05, 0) is 25.8 Å². The molecule has 1 aromatic rings. The van der Waals surface area contributed by atoms with E-state index < -0.39 is 0 Å². The Morgan fingerprint density at radius 2 is 2.14 bits per heavy atom. The molecule has 1 aliphatic rings. The SMILES string of the molecule is C[C@@H](SC(=S)N1CCCC1)C(=O)Nc1ncc(Cl)cc1Cl. The minimum Gasteiger partial charge on any atom is -0.358 e. The highest BCUT2D eigenvalue weighted by atomic mass is 35.5. The molecule has 0 spiro atoms. The third kappa shape index (κ3) is 4.71. The van der Waals surface area contributed by atoms with E-state index in [2.05, 4.69) is 15.2 Å². The third-order valence-corrected chi connectivity index (χ3v) is 5.13. The minimum absolute atomic E-state index is 0.182. The fraction of sp³-hybridized carbons (Fsp3) is 0.462. The molecule has 1 fully saturated rings. The molecule has 114 valence electrons. The molecule has 0 aliphatic carbocycles. The van der Waals surface area contributed by atoms with Gasteiger partial charge in [0.25, 0.3) is 0 Å². The lowest BCUT2D eigenvalue weighted by Crippen LogP contribution is -2.29. The van der Waals surface area contributed by atoms with Crippen molar-refractivity contribution >= 4 is 63.2 Å². The number of hydrogen-bond acceptors (Lipinski definition) is 4. The van der Waals surface area contributed by atoms with Crippen molar-refractivity contribution in [3.8, 4) is 0 Å². The van der Waals surface area contributed by atoms with E-state index in [-0.39, 0.29) is 11.2 Å². The maximum absolute atomic E-state index is 12.2. The van der Waals surface area contributed by atoms with Gasteiger partial charge in [0.2, 0.25) is 5.91 Å². The Labute approximate surface area is 143 Å². The number of halogens is 2. The van der Waals surface area contributed by atoms with Crippen LogP contribution in [0.3, 0.4) is 0 Å². The van der Waals surface area contributed by atoms with Crippen LogP contribution in [-0.4, -0.2) is 38.5 Å². The molecule has 0 unspecified atom stereocenters. The smallest absolute Gasteiger partial charge is 0.238 e. The Bertz CT molecular complexity index is 550. The van der Waals surface area contributed by atoms with Crippen LogP contribution in [0.15, 0.2) is 12.3 Å². The molecule has 0 bridgehead atoms. The van der Waals surface area contributed by atoms with Crippen molar-refractivity contribution in [3.63, 3.8) is 0 Å². The van der Waals surface area contributed by atoms with Gasteiger partial charge in [0, 0.05) is 19.3 Å². The van der Waals surface area contributed by atoms with Gasteiger partial charge in [-0.2, -0.15) is 0 Å². The summed E-state index contributed by atoms with van der Waals surface area (Å²) in [5.41, 5.74) is 0. The van der Waals surface area contributed by atoms with Crippen LogP contribution >= 0.6 is 47.2 Å². The molecule has 1 N–H and O–H groups in total. The highest BCUT2D eigenvalue weighted by Crippen LogP contribution is 2.25. The Hall–Kier alpha value is -0.560. The van der Waals surface area contributed by atoms with Crippen LogP contribution in [0.2, 0.25) is 10.0 Å². The number of rotatable bonds is 3. The van der Waals surface area contributed by atoms with E-state index in [4.69, 9.17) is 35.4 Å². The van der Waals surface area contributed by atoms with Crippen molar-refractivity contribution in [3.05, 3.63) is 22.3 Å². The number of carbonyl (C=O) groups is 1. The van der Waals surface area contributed by atoms with Crippen LogP contribution < -0.4 is 5.32 Å². The molecule has 1 amide bonds. The van der Waals surface area contributed by atoms with E-state index in [0.29, 0.717) is 15.9 Å². The van der Waals surface area contributed by atoms with E-state index in [0.717, 1.165) is 30.3 Å². The number of pyridine rings is 1. The largest absolute Gasteiger partial charge is 0.358 e. The van der Waals surface area contributed by atoms with Gasteiger partial charge in [0.1, 0.15) is 4.32 Å². The lowest BCUT2D eigenvalue weighted by atomic mass is 10.4. The van der Waals surface area contributed by atoms with Crippen molar-refractivity contribution in [1.29, 1.82) is 0 Å². The topological polar surface area (TPSA) is 45.2 Å². The standard InChI is InChI=1S/C13H15Cl2N3OS2/c1-8(21-13(20)18-4-2-3-5-18)12(19)17-11-10(15)6-9(14)7-16-11/h6-8H,2-5H2,1H3,(H,16,17,19)/t8-/m1/s1. The van der Waals surface area contributed by atoms with Gasteiger partial charge in [-0.3, -0.25) is 4.79 Å². The van der Waals surface area contributed by atoms with Gasteiger partial charge in [0.15, 0.2) is 5.82 Å². The Balaban J connectivity index is 1.91. The van der Waals surface area contributed by atoms with E-state index >= 15 is 0 Å². The summed E-state index contributed by atoms with van der Waals surface area (Å²) in [6, 6.07) is 1.54. The molecule has 0 aromatic carbocycles. The molecule has 1 aromatic heterocycles. The van der Waals surface area contributed by atoms with Crippen LogP contribution in [-0.2, 0) is 4.79 Å². The molecule has 1 atom stereocenters. The number of aromatic nitrogens is 1. The zero-order valence-corrected chi connectivity index (χ0v) is 14.6. The number of likely N-dealkylation sites (tertiary alicyclic amines) is 1. The van der Waals surface area contributed by atoms with Gasteiger partial charge in [-0.15, -0.1) is 0 Å². The second kappa shape index (κ2) is 7.63. The van der Waals surface area contributed by atoms with Crippen molar-refractivity contribution in [2.75, 3.05) is 18.4 Å². The van der Waals surface area contributed by atoms with Crippen LogP contribution in [0, 0.1) is 0 Å². The molecule has 4 nitrogen and oxygen atoms in total. The normalized spacial score (nSPS) is 15.9. The minimum atomic E-state index is -0.313. The number of nitrogens with one attached hydrogen (secondary N) is 1. The number of amides is 1. The van der Waals surface area contributed by atoms with Crippen LogP contribution in [0.4, 0.5) is 5.82 Å². The molecule has 21 heavy (non-hydrogen) atoms. The monoisotopic (exact) mass is 363 g/mol. The van der Waals surface area contributed by atoms with Crippen molar-refractivity contribution in [2.45, 2.75) is 25.0 Å². The first-order valence-electron chi connectivity index (χ1n) is 6.55. The van der Waals surface area contributed by atoms with Crippen molar-refractivity contribution in [2.24, 2.45) is 0 Å². The first-order valence-corrected chi connectivity index (χ1v) is 8.59. The number of thiocarbonyl (C=S) groups is 1. The predicted molar refractivity (Wildman–Crippen MR) is 93.3 cm³/mol. The lowest BCUT2D eigenvalue weighted by molar-refractivity contribution is -0.115. The molecule has 2 rings (SSSR count). The second-order valence-electron chi connectivity index (χ2n) is 4.69. The van der Waals surface area contributed by atoms with Crippen LogP contribution in [0.5, 0.6) is 0 Å². The number of hydrogen-bond donors (Lipinski definition) is 1. The van der Waals surface area contributed by atoms with E-state index in [1.807, 2.05) is 6.92 Å². The molecular weight excluding hydrogens is 349 g/mol. The first kappa shape index (κ1) is 16.8. The molecule has 1 aliphatic heterocycles. The molecule has 0 radical (unpaired) electrons. The second-order valence-corrected chi connectivity index (χ2v) is 7.51. The molecule has 0 saturated carbocycles. The van der Waals surface area contributed by atoms with Gasteiger partial charge in [-0.1, -0.05) is 47.2 Å². The predicted octanol–water partition coefficient (Wildman–Crippen LogP) is 3.83. The lowest BCUT2D eigenvalue weighted by Gasteiger charge is -2.20.